The molecule has 0 aliphatic carbocycles. The molecule has 0 amide bonds. The van der Waals surface area contributed by atoms with Crippen molar-refractivity contribution in [2.75, 3.05) is 0 Å². The maximum atomic E-state index is 10.4. The van der Waals surface area contributed by atoms with Crippen LogP contribution in [0.25, 0.3) is 0 Å². The molecule has 0 bridgehead atoms. The summed E-state index contributed by atoms with van der Waals surface area (Å²) < 4.78 is 29.5. The number of aliphatic carboxylic acids is 1. The van der Waals surface area contributed by atoms with Crippen molar-refractivity contribution in [2.24, 2.45) is 5.92 Å². The summed E-state index contributed by atoms with van der Waals surface area (Å²) >= 11 is -5.00. The van der Waals surface area contributed by atoms with E-state index in [0.29, 0.717) is 6.42 Å². The van der Waals surface area contributed by atoms with Gasteiger partial charge in [0.1, 0.15) is 11.7 Å². The van der Waals surface area contributed by atoms with Crippen LogP contribution in [0.2, 0.25) is 0 Å². The molecule has 1 atom stereocenters. The van der Waals surface area contributed by atoms with Crippen LogP contribution in [-0.2, 0) is 27.7 Å². The van der Waals surface area contributed by atoms with Crippen molar-refractivity contribution >= 4 is 11.8 Å². The Balaban J connectivity index is 0. The Bertz CT molecular complexity index is 177. The number of carboxylic acids is 1. The van der Waals surface area contributed by atoms with E-state index in [1.807, 2.05) is 0 Å². The van der Waals surface area contributed by atoms with E-state index in [0.717, 1.165) is 0 Å². The van der Waals surface area contributed by atoms with Crippen LogP contribution in [0.3, 0.4) is 0 Å². The number of hydrogen-bond acceptors (Lipinski definition) is 6. The van der Waals surface area contributed by atoms with Crippen LogP contribution in [0.4, 0.5) is 0 Å². The fourth-order valence-electron chi connectivity index (χ4n) is 0.636. The number of carboxylic acid groups (broad SMARTS) is 1. The third kappa shape index (κ3) is 14.2. The molecule has 84 valence electrons. The zero-order chi connectivity index (χ0) is 11.9. The van der Waals surface area contributed by atoms with E-state index in [-0.39, 0.29) is 5.78 Å². The molecule has 0 saturated carbocycles. The topological polar surface area (TPSA) is 135 Å². The molecule has 14 heavy (non-hydrogen) atoms. The molecule has 0 aliphatic rings. The van der Waals surface area contributed by atoms with Gasteiger partial charge in [-0.2, -0.15) is 0 Å². The van der Waals surface area contributed by atoms with Crippen molar-refractivity contribution in [3.05, 3.63) is 0 Å². The van der Waals surface area contributed by atoms with Crippen LogP contribution in [0.5, 0.6) is 0 Å². The third-order valence-electron chi connectivity index (χ3n) is 1.20. The molecule has 0 radical (unpaired) electrons. The SMILES string of the molecule is CCC(C(C)=O)C(=O)O.[OH][Ti]([OH])([OH])[OH]. The second-order valence-electron chi connectivity index (χ2n) is 2.51. The molecule has 0 rings (SSSR count). The zero-order valence-corrected chi connectivity index (χ0v) is 9.40. The van der Waals surface area contributed by atoms with Crippen molar-refractivity contribution in [1.82, 2.24) is 0 Å². The van der Waals surface area contributed by atoms with Gasteiger partial charge in [-0.3, -0.25) is 9.59 Å². The van der Waals surface area contributed by atoms with Gasteiger partial charge in [-0.15, -0.1) is 0 Å². The number of Topliss-reactive ketones (excluding diaryl/α,β-unsaturated/α-hetero) is 1. The summed E-state index contributed by atoms with van der Waals surface area (Å²) in [6, 6.07) is 0. The Morgan fingerprint density at radius 3 is 1.50 bits per heavy atom. The minimum atomic E-state index is -5.00. The molecule has 0 aliphatic heterocycles. The summed E-state index contributed by atoms with van der Waals surface area (Å²) in [7, 11) is 0. The van der Waals surface area contributed by atoms with Crippen molar-refractivity contribution in [1.29, 1.82) is 0 Å². The van der Waals surface area contributed by atoms with Crippen LogP contribution in [0.1, 0.15) is 20.3 Å². The molecule has 0 aromatic carbocycles. The molecule has 5 N–H and O–H groups in total. The molecule has 8 heteroatoms. The quantitative estimate of drug-likeness (QED) is 0.300. The molecule has 7 nitrogen and oxygen atoms in total. The van der Waals surface area contributed by atoms with Gasteiger partial charge >= 0.3 is 38.9 Å². The van der Waals surface area contributed by atoms with Crippen molar-refractivity contribution < 1.29 is 47.6 Å². The van der Waals surface area contributed by atoms with E-state index in [1.165, 1.54) is 6.92 Å². The van der Waals surface area contributed by atoms with Gasteiger partial charge in [0.05, 0.1) is 0 Å². The summed E-state index contributed by atoms with van der Waals surface area (Å²) in [4.78, 5) is 20.6. The first-order valence-electron chi connectivity index (χ1n) is 3.72. The Kier molecular flexibility index (Phi) is 8.12. The van der Waals surface area contributed by atoms with Crippen molar-refractivity contribution in [2.45, 2.75) is 20.3 Å². The van der Waals surface area contributed by atoms with Crippen LogP contribution in [0, 0.1) is 5.92 Å². The molecule has 0 saturated heterocycles. The van der Waals surface area contributed by atoms with Crippen molar-refractivity contribution in [3.63, 3.8) is 0 Å². The number of rotatable bonds is 3. The molecule has 0 aromatic heterocycles. The predicted molar refractivity (Wildman–Crippen MR) is 41.0 cm³/mol. The Hall–Kier alpha value is -0.306. The van der Waals surface area contributed by atoms with Gasteiger partial charge in [-0.1, -0.05) is 6.92 Å². The van der Waals surface area contributed by atoms with E-state index < -0.39 is 30.0 Å². The Labute approximate surface area is 85.9 Å². The summed E-state index contributed by atoms with van der Waals surface area (Å²) in [5.74, 6) is -2.10. The zero-order valence-electron chi connectivity index (χ0n) is 7.84. The predicted octanol–water partition coefficient (Wildman–Crippen LogP) is -1.54. The summed E-state index contributed by atoms with van der Waals surface area (Å²) in [6.45, 7) is 2.97. The normalized spacial score (nSPS) is 12.4. The number of carbonyl (C=O) groups excluding carboxylic acids is 1. The molecule has 1 unspecified atom stereocenters. The van der Waals surface area contributed by atoms with Gasteiger partial charge < -0.3 is 5.11 Å². The van der Waals surface area contributed by atoms with Crippen LogP contribution in [0.15, 0.2) is 0 Å². The molecular weight excluding hydrogens is 232 g/mol. The van der Waals surface area contributed by atoms with E-state index >= 15 is 0 Å². The maximum absolute atomic E-state index is 10.4. The molecule has 0 spiro atoms. The first kappa shape index (κ1) is 16.1. The van der Waals surface area contributed by atoms with Gasteiger partial charge in [0.25, 0.3) is 0 Å². The summed E-state index contributed by atoms with van der Waals surface area (Å²) in [6.07, 6.45) is 0.380. The summed E-state index contributed by atoms with van der Waals surface area (Å²) in [5, 5.41) is 8.32. The van der Waals surface area contributed by atoms with Crippen LogP contribution < -0.4 is 0 Å². The van der Waals surface area contributed by atoms with Gasteiger partial charge in [0.15, 0.2) is 0 Å². The van der Waals surface area contributed by atoms with Crippen molar-refractivity contribution in [3.8, 4) is 0 Å². The van der Waals surface area contributed by atoms with Crippen LogP contribution >= 0.6 is 0 Å². The second-order valence-corrected chi connectivity index (χ2v) is 4.38. The van der Waals surface area contributed by atoms with E-state index in [1.54, 1.807) is 6.92 Å². The standard InChI is InChI=1S/C6H10O3.4H2O.Ti/c1-3-5(4(2)7)6(8)9;;;;;/h5H,3H2,1-2H3,(H,8,9);4*1H2;/q;;;;;+4/p-4. The second kappa shape index (κ2) is 7.05. The van der Waals surface area contributed by atoms with E-state index in [4.69, 9.17) is 19.9 Å². The van der Waals surface area contributed by atoms with Gasteiger partial charge in [0.2, 0.25) is 0 Å². The van der Waals surface area contributed by atoms with Crippen LogP contribution in [-0.4, -0.2) is 31.6 Å². The minimum absolute atomic E-state index is 0.273. The van der Waals surface area contributed by atoms with E-state index in [2.05, 4.69) is 0 Å². The molecular formula is C6H14O7Ti. The van der Waals surface area contributed by atoms with Gasteiger partial charge in [-0.05, 0) is 13.3 Å². The molecule has 0 fully saturated rings. The average Bonchev–Trinajstić information content (AvgIpc) is 1.81. The number of carbonyl (C=O) groups is 2. The average molecular weight is 246 g/mol. The molecule has 0 aromatic rings. The first-order chi connectivity index (χ1) is 6.09. The fraction of sp³-hybridized carbons (Fsp3) is 0.667. The number of hydrogen-bond donors (Lipinski definition) is 5. The summed E-state index contributed by atoms with van der Waals surface area (Å²) in [5.41, 5.74) is 0. The Morgan fingerprint density at radius 1 is 1.21 bits per heavy atom. The van der Waals surface area contributed by atoms with Gasteiger partial charge in [0, 0.05) is 0 Å². The monoisotopic (exact) mass is 246 g/mol. The first-order valence-corrected chi connectivity index (χ1v) is 6.51. The number of ketones is 1. The Morgan fingerprint density at radius 2 is 1.50 bits per heavy atom. The third-order valence-corrected chi connectivity index (χ3v) is 1.20. The van der Waals surface area contributed by atoms with Gasteiger partial charge in [-0.25, -0.2) is 0 Å². The fourth-order valence-corrected chi connectivity index (χ4v) is 0.636. The van der Waals surface area contributed by atoms with E-state index in [9.17, 15) is 9.59 Å². The molecule has 0 heterocycles.